The summed E-state index contributed by atoms with van der Waals surface area (Å²) in [5.74, 6) is 0.504. The predicted octanol–water partition coefficient (Wildman–Crippen LogP) is 4.76. The molecule has 0 amide bonds. The van der Waals surface area contributed by atoms with E-state index in [0.29, 0.717) is 40.9 Å². The van der Waals surface area contributed by atoms with E-state index in [1.807, 2.05) is 44.3 Å². The fourth-order valence-electron chi connectivity index (χ4n) is 3.93. The maximum Gasteiger partial charge on any atom is 0.260 e. The number of nitrogens with zero attached hydrogens (tertiary/aromatic N) is 4. The monoisotopic (exact) mass is 467 g/mol. The third-order valence-corrected chi connectivity index (χ3v) is 6.85. The Kier molecular flexibility index (Phi) is 5.67. The van der Waals surface area contributed by atoms with Gasteiger partial charge in [0.2, 0.25) is 5.95 Å². The number of aryl methyl sites for hydroxylation is 2. The van der Waals surface area contributed by atoms with Crippen LogP contribution in [0.15, 0.2) is 41.5 Å². The second kappa shape index (κ2) is 8.61. The van der Waals surface area contributed by atoms with Gasteiger partial charge >= 0.3 is 0 Å². The van der Waals surface area contributed by atoms with Crippen molar-refractivity contribution in [2.75, 3.05) is 18.5 Å². The Balaban J connectivity index is 1.57. The maximum absolute atomic E-state index is 13.4. The molecule has 0 spiro atoms. The number of fused-ring (bicyclic) bond motifs is 1. The van der Waals surface area contributed by atoms with E-state index in [9.17, 15) is 4.79 Å². The number of halogens is 1. The molecule has 1 aliphatic rings. The van der Waals surface area contributed by atoms with Gasteiger partial charge < -0.3 is 10.1 Å². The van der Waals surface area contributed by atoms with Crippen LogP contribution >= 0.6 is 22.9 Å². The number of pyridine rings is 1. The molecule has 0 saturated carbocycles. The summed E-state index contributed by atoms with van der Waals surface area (Å²) in [6.07, 6.45) is 4.50. The quantitative estimate of drug-likeness (QED) is 0.455. The molecule has 4 aromatic rings. The molecule has 1 fully saturated rings. The van der Waals surface area contributed by atoms with E-state index in [2.05, 4.69) is 20.3 Å². The van der Waals surface area contributed by atoms with Crippen LogP contribution in [-0.4, -0.2) is 38.8 Å². The number of ether oxygens (including phenoxy) is 1. The number of benzene rings is 1. The summed E-state index contributed by atoms with van der Waals surface area (Å²) in [5.41, 5.74) is 2.68. The summed E-state index contributed by atoms with van der Waals surface area (Å²) in [6, 6.07) is 7.77. The van der Waals surface area contributed by atoms with Crippen molar-refractivity contribution < 1.29 is 4.74 Å². The molecule has 4 heterocycles. The van der Waals surface area contributed by atoms with Gasteiger partial charge in [0.05, 0.1) is 22.5 Å². The van der Waals surface area contributed by atoms with Gasteiger partial charge in [-0.05, 0) is 38.0 Å². The second-order valence-electron chi connectivity index (χ2n) is 7.72. The normalized spacial score (nSPS) is 16.0. The van der Waals surface area contributed by atoms with Gasteiger partial charge in [-0.25, -0.2) is 9.97 Å². The van der Waals surface area contributed by atoms with Crippen LogP contribution in [0.3, 0.4) is 0 Å². The van der Waals surface area contributed by atoms with E-state index in [1.165, 1.54) is 0 Å². The van der Waals surface area contributed by atoms with Crippen molar-refractivity contribution in [3.63, 3.8) is 0 Å². The van der Waals surface area contributed by atoms with Crippen molar-refractivity contribution in [2.45, 2.75) is 32.9 Å². The van der Waals surface area contributed by atoms with Crippen molar-refractivity contribution in [1.29, 1.82) is 0 Å². The van der Waals surface area contributed by atoms with Crippen molar-refractivity contribution in [1.82, 2.24) is 19.5 Å². The van der Waals surface area contributed by atoms with Crippen LogP contribution in [0.1, 0.15) is 18.4 Å². The summed E-state index contributed by atoms with van der Waals surface area (Å²) in [5, 5.41) is 5.60. The second-order valence-corrected chi connectivity index (χ2v) is 9.36. The lowest BCUT2D eigenvalue weighted by molar-refractivity contribution is 0.195. The Morgan fingerprint density at radius 2 is 2.12 bits per heavy atom. The minimum atomic E-state index is -0.128. The fourth-order valence-corrected chi connectivity index (χ4v) is 4.98. The van der Waals surface area contributed by atoms with Gasteiger partial charge in [0, 0.05) is 47.1 Å². The van der Waals surface area contributed by atoms with Crippen molar-refractivity contribution in [3.8, 4) is 21.6 Å². The third kappa shape index (κ3) is 3.90. The van der Waals surface area contributed by atoms with Crippen molar-refractivity contribution in [3.05, 3.63) is 57.0 Å². The van der Waals surface area contributed by atoms with Gasteiger partial charge in [0.25, 0.3) is 5.56 Å². The highest BCUT2D eigenvalue weighted by atomic mass is 35.5. The van der Waals surface area contributed by atoms with Crippen LogP contribution in [0.5, 0.6) is 0 Å². The first-order valence-electron chi connectivity index (χ1n) is 10.5. The van der Waals surface area contributed by atoms with Crippen LogP contribution in [0.25, 0.3) is 32.6 Å². The van der Waals surface area contributed by atoms with Gasteiger partial charge in [0.1, 0.15) is 5.65 Å². The van der Waals surface area contributed by atoms with Crippen molar-refractivity contribution in [2.24, 2.45) is 0 Å². The number of nitrogens with one attached hydrogen (secondary N) is 1. The third-order valence-electron chi connectivity index (χ3n) is 5.57. The molecule has 1 aromatic carbocycles. The Morgan fingerprint density at radius 3 is 2.81 bits per heavy atom. The minimum Gasteiger partial charge on any atom is -0.379 e. The molecule has 1 aliphatic heterocycles. The summed E-state index contributed by atoms with van der Waals surface area (Å²) in [6.45, 7) is 5.76. The molecule has 1 atom stereocenters. The molecule has 0 aliphatic carbocycles. The summed E-state index contributed by atoms with van der Waals surface area (Å²) < 4.78 is 7.07. The Bertz CT molecular complexity index is 1360. The molecule has 0 radical (unpaired) electrons. The van der Waals surface area contributed by atoms with Gasteiger partial charge in [-0.2, -0.15) is 4.98 Å². The van der Waals surface area contributed by atoms with Crippen LogP contribution in [0.4, 0.5) is 5.95 Å². The molecular formula is C23H22ClN5O2S. The standard InChI is InChI=1S/C23H22ClN5O2S/c1-3-29-21-15(10-26-23(28-21)27-16-6-7-31-12-16)8-18(22(29)30)17-5-4-14(9-19(17)24)20-11-25-13(2)32-20/h4-5,8-11,16H,3,6-7,12H2,1-2H3,(H,26,27,28). The van der Waals surface area contributed by atoms with E-state index in [0.717, 1.165) is 33.9 Å². The average Bonchev–Trinajstić information content (AvgIpc) is 3.45. The van der Waals surface area contributed by atoms with E-state index in [-0.39, 0.29) is 11.6 Å². The lowest BCUT2D eigenvalue weighted by atomic mass is 10.0. The van der Waals surface area contributed by atoms with Crippen LogP contribution in [0, 0.1) is 6.92 Å². The number of hydrogen-bond donors (Lipinski definition) is 1. The van der Waals surface area contributed by atoms with Crippen molar-refractivity contribution >= 4 is 39.9 Å². The van der Waals surface area contributed by atoms with Crippen LogP contribution in [-0.2, 0) is 11.3 Å². The first-order valence-corrected chi connectivity index (χ1v) is 11.7. The average molecular weight is 468 g/mol. The molecular weight excluding hydrogens is 446 g/mol. The topological polar surface area (TPSA) is 81.9 Å². The fraction of sp³-hybridized carbons (Fsp3) is 0.304. The van der Waals surface area contributed by atoms with Gasteiger partial charge in [-0.1, -0.05) is 23.7 Å². The molecule has 7 nitrogen and oxygen atoms in total. The number of anilines is 1. The zero-order chi connectivity index (χ0) is 22.2. The molecule has 164 valence electrons. The minimum absolute atomic E-state index is 0.128. The van der Waals surface area contributed by atoms with E-state index in [1.54, 1.807) is 22.1 Å². The Hall–Kier alpha value is -2.81. The predicted molar refractivity (Wildman–Crippen MR) is 129 cm³/mol. The van der Waals surface area contributed by atoms with Crippen LogP contribution < -0.4 is 10.9 Å². The number of thiazole rings is 1. The van der Waals surface area contributed by atoms with Crippen LogP contribution in [0.2, 0.25) is 5.02 Å². The molecule has 32 heavy (non-hydrogen) atoms. The maximum atomic E-state index is 13.4. The zero-order valence-electron chi connectivity index (χ0n) is 17.8. The summed E-state index contributed by atoms with van der Waals surface area (Å²) in [7, 11) is 0. The van der Waals surface area contributed by atoms with E-state index < -0.39 is 0 Å². The molecule has 1 saturated heterocycles. The molecule has 1 unspecified atom stereocenters. The number of aromatic nitrogens is 4. The van der Waals surface area contributed by atoms with Gasteiger partial charge in [-0.15, -0.1) is 11.3 Å². The Morgan fingerprint density at radius 1 is 1.25 bits per heavy atom. The highest BCUT2D eigenvalue weighted by Crippen LogP contribution is 2.34. The first-order chi connectivity index (χ1) is 15.5. The lowest BCUT2D eigenvalue weighted by Crippen LogP contribution is -2.24. The number of hydrogen-bond acceptors (Lipinski definition) is 7. The highest BCUT2D eigenvalue weighted by Gasteiger charge is 2.18. The van der Waals surface area contributed by atoms with E-state index in [4.69, 9.17) is 16.3 Å². The molecule has 5 rings (SSSR count). The summed E-state index contributed by atoms with van der Waals surface area (Å²) >= 11 is 8.25. The molecule has 3 aromatic heterocycles. The number of rotatable bonds is 5. The van der Waals surface area contributed by atoms with Gasteiger partial charge in [-0.3, -0.25) is 9.36 Å². The lowest BCUT2D eigenvalue weighted by Gasteiger charge is -2.14. The zero-order valence-corrected chi connectivity index (χ0v) is 19.3. The summed E-state index contributed by atoms with van der Waals surface area (Å²) in [4.78, 5) is 27.8. The molecule has 1 N–H and O–H groups in total. The largest absolute Gasteiger partial charge is 0.379 e. The highest BCUT2D eigenvalue weighted by molar-refractivity contribution is 7.15. The molecule has 9 heteroatoms. The SMILES string of the molecule is CCn1c(=O)c(-c2ccc(-c3cnc(C)s3)cc2Cl)cc2cnc(NC3CCOC3)nc21. The smallest absolute Gasteiger partial charge is 0.260 e. The molecule has 0 bridgehead atoms. The van der Waals surface area contributed by atoms with Gasteiger partial charge in [0.15, 0.2) is 0 Å². The Labute approximate surface area is 194 Å². The first kappa shape index (κ1) is 21.1. The van der Waals surface area contributed by atoms with E-state index >= 15 is 0 Å².